The van der Waals surface area contributed by atoms with Crippen LogP contribution in [-0.2, 0) is 14.8 Å². The van der Waals surface area contributed by atoms with E-state index in [0.29, 0.717) is 5.69 Å². The lowest BCUT2D eigenvalue weighted by Gasteiger charge is -2.20. The molecular weight excluding hydrogens is 445 g/mol. The van der Waals surface area contributed by atoms with E-state index in [-0.39, 0.29) is 41.5 Å². The topological polar surface area (TPSA) is 145 Å². The van der Waals surface area contributed by atoms with Gasteiger partial charge in [-0.1, -0.05) is 0 Å². The predicted octanol–water partition coefficient (Wildman–Crippen LogP) is 1.21. The quantitative estimate of drug-likeness (QED) is 0.465. The van der Waals surface area contributed by atoms with Crippen LogP contribution in [0.15, 0.2) is 49.4 Å². The van der Waals surface area contributed by atoms with E-state index in [9.17, 15) is 18.0 Å². The standard InChI is InChI=1S/C15H15Cl2N7O4S/c16-5-7-24(8-6-17)29(27,28)10-3-1-9(2-4-10)22-23-14-18-11-12(19-14)20-15(26)21-13(11)25/h1-4,11H,5-8H2,(H2,18,19,20,21,25,26). The van der Waals surface area contributed by atoms with Crippen LogP contribution < -0.4 is 10.6 Å². The van der Waals surface area contributed by atoms with E-state index in [2.05, 4.69) is 30.8 Å². The van der Waals surface area contributed by atoms with Gasteiger partial charge in [-0.15, -0.1) is 33.4 Å². The number of sulfonamides is 1. The molecular formula is C15H15Cl2N7O4S. The highest BCUT2D eigenvalue weighted by Gasteiger charge is 2.36. The molecule has 0 saturated carbocycles. The Labute approximate surface area is 175 Å². The first-order chi connectivity index (χ1) is 13.8. The van der Waals surface area contributed by atoms with Crippen molar-refractivity contribution in [1.29, 1.82) is 0 Å². The summed E-state index contributed by atoms with van der Waals surface area (Å²) in [7, 11) is -3.74. The highest BCUT2D eigenvalue weighted by molar-refractivity contribution is 7.89. The number of aliphatic imine (C=N–C) groups is 2. The molecule has 1 fully saturated rings. The molecule has 0 bridgehead atoms. The lowest BCUT2D eigenvalue weighted by molar-refractivity contribution is -0.120. The van der Waals surface area contributed by atoms with E-state index in [0.717, 1.165) is 0 Å². The molecule has 154 valence electrons. The molecule has 1 unspecified atom stereocenters. The van der Waals surface area contributed by atoms with Gasteiger partial charge in [0.2, 0.25) is 10.0 Å². The summed E-state index contributed by atoms with van der Waals surface area (Å²) in [6.45, 7) is 0.285. The molecule has 1 atom stereocenters. The molecule has 2 N–H and O–H groups in total. The summed E-state index contributed by atoms with van der Waals surface area (Å²) >= 11 is 11.3. The Balaban J connectivity index is 1.73. The van der Waals surface area contributed by atoms with Crippen LogP contribution in [0.5, 0.6) is 0 Å². The minimum Gasteiger partial charge on any atom is -0.293 e. The van der Waals surface area contributed by atoms with Crippen molar-refractivity contribution < 1.29 is 18.0 Å². The van der Waals surface area contributed by atoms with Crippen LogP contribution in [0.25, 0.3) is 0 Å². The SMILES string of the molecule is O=C1NC(=O)C2N=C(N=Nc3ccc(S(=O)(=O)N(CCCl)CCCl)cc3)N=C2N1. The van der Waals surface area contributed by atoms with Gasteiger partial charge in [-0.2, -0.15) is 9.30 Å². The van der Waals surface area contributed by atoms with Crippen LogP contribution in [0.4, 0.5) is 10.5 Å². The summed E-state index contributed by atoms with van der Waals surface area (Å²) in [5.74, 6) is -0.327. The van der Waals surface area contributed by atoms with Crippen molar-refractivity contribution in [2.45, 2.75) is 10.9 Å². The molecule has 29 heavy (non-hydrogen) atoms. The van der Waals surface area contributed by atoms with E-state index < -0.39 is 28.0 Å². The number of carbonyl (C=O) groups excluding carboxylic acids is 2. The van der Waals surface area contributed by atoms with Gasteiger partial charge in [0.15, 0.2) is 6.04 Å². The number of azo groups is 1. The van der Waals surface area contributed by atoms with Crippen molar-refractivity contribution in [3.8, 4) is 0 Å². The van der Waals surface area contributed by atoms with E-state index in [1.807, 2.05) is 0 Å². The Hall–Kier alpha value is -2.41. The number of urea groups is 1. The van der Waals surface area contributed by atoms with E-state index in [1.165, 1.54) is 28.6 Å². The normalized spacial score (nSPS) is 19.1. The van der Waals surface area contributed by atoms with Gasteiger partial charge in [-0.25, -0.2) is 18.2 Å². The van der Waals surface area contributed by atoms with Crippen LogP contribution in [0, 0.1) is 0 Å². The van der Waals surface area contributed by atoms with Crippen LogP contribution in [-0.4, -0.2) is 67.3 Å². The molecule has 0 spiro atoms. The largest absolute Gasteiger partial charge is 0.326 e. The Morgan fingerprint density at radius 1 is 1.03 bits per heavy atom. The Kier molecular flexibility index (Phi) is 6.57. The number of imide groups is 1. The van der Waals surface area contributed by atoms with Gasteiger partial charge < -0.3 is 0 Å². The third kappa shape index (κ3) is 4.78. The second-order valence-corrected chi connectivity index (χ2v) is 8.44. The number of hydrogen-bond acceptors (Lipinski definition) is 8. The fourth-order valence-corrected chi connectivity index (χ4v) is 4.56. The third-order valence-electron chi connectivity index (χ3n) is 3.85. The number of halogens is 2. The lowest BCUT2D eigenvalue weighted by atomic mass is 10.2. The molecule has 11 nitrogen and oxygen atoms in total. The number of rotatable bonds is 7. The maximum absolute atomic E-state index is 12.6. The average molecular weight is 460 g/mol. The van der Waals surface area contributed by atoms with Gasteiger partial charge in [-0.3, -0.25) is 15.4 Å². The third-order valence-corrected chi connectivity index (χ3v) is 6.10. The molecule has 2 heterocycles. The second kappa shape index (κ2) is 8.95. The maximum Gasteiger partial charge on any atom is 0.326 e. The molecule has 0 aromatic heterocycles. The summed E-state index contributed by atoms with van der Waals surface area (Å²) in [5.41, 5.74) is 0.344. The number of amidine groups is 1. The maximum atomic E-state index is 12.6. The molecule has 0 aliphatic carbocycles. The predicted molar refractivity (Wildman–Crippen MR) is 106 cm³/mol. The van der Waals surface area contributed by atoms with Crippen molar-refractivity contribution in [3.63, 3.8) is 0 Å². The number of carbonyl (C=O) groups is 2. The zero-order valence-electron chi connectivity index (χ0n) is 14.7. The summed E-state index contributed by atoms with van der Waals surface area (Å²) in [6.07, 6.45) is 0. The smallest absolute Gasteiger partial charge is 0.293 e. The second-order valence-electron chi connectivity index (χ2n) is 5.75. The molecule has 3 rings (SSSR count). The first-order valence-electron chi connectivity index (χ1n) is 8.27. The number of nitrogens with one attached hydrogen (secondary N) is 2. The minimum atomic E-state index is -3.74. The Bertz CT molecular complexity index is 1000. The van der Waals surface area contributed by atoms with Gasteiger partial charge in [0.25, 0.3) is 11.9 Å². The summed E-state index contributed by atoms with van der Waals surface area (Å²) in [6, 6.07) is 4.03. The Morgan fingerprint density at radius 3 is 2.31 bits per heavy atom. The van der Waals surface area contributed by atoms with Crippen LogP contribution >= 0.6 is 23.2 Å². The zero-order valence-corrected chi connectivity index (χ0v) is 17.1. The number of amides is 3. The van der Waals surface area contributed by atoms with Gasteiger partial charge in [0.1, 0.15) is 5.84 Å². The van der Waals surface area contributed by atoms with Gasteiger partial charge in [0, 0.05) is 24.8 Å². The molecule has 0 radical (unpaired) electrons. The summed E-state index contributed by atoms with van der Waals surface area (Å²) < 4.78 is 26.5. The van der Waals surface area contributed by atoms with Crippen molar-refractivity contribution in [2.24, 2.45) is 20.2 Å². The molecule has 3 amide bonds. The van der Waals surface area contributed by atoms with Crippen LogP contribution in [0.2, 0.25) is 0 Å². The fourth-order valence-electron chi connectivity index (χ4n) is 2.51. The molecule has 1 aromatic carbocycles. The zero-order chi connectivity index (χ0) is 21.0. The first-order valence-corrected chi connectivity index (χ1v) is 10.8. The van der Waals surface area contributed by atoms with Crippen molar-refractivity contribution in [1.82, 2.24) is 14.9 Å². The van der Waals surface area contributed by atoms with Crippen molar-refractivity contribution >= 4 is 62.6 Å². The molecule has 14 heteroatoms. The fraction of sp³-hybridized carbons (Fsp3) is 0.333. The first kappa shape index (κ1) is 21.3. The van der Waals surface area contributed by atoms with Crippen molar-refractivity contribution in [3.05, 3.63) is 24.3 Å². The van der Waals surface area contributed by atoms with E-state index in [1.54, 1.807) is 0 Å². The summed E-state index contributed by atoms with van der Waals surface area (Å²) in [4.78, 5) is 30.9. The monoisotopic (exact) mass is 459 g/mol. The van der Waals surface area contributed by atoms with E-state index >= 15 is 0 Å². The number of nitrogens with zero attached hydrogens (tertiary/aromatic N) is 5. The van der Waals surface area contributed by atoms with Crippen LogP contribution in [0.3, 0.4) is 0 Å². The summed E-state index contributed by atoms with van der Waals surface area (Å²) in [5, 5.41) is 12.2. The van der Waals surface area contributed by atoms with E-state index in [4.69, 9.17) is 23.2 Å². The lowest BCUT2D eigenvalue weighted by Crippen LogP contribution is -2.57. The number of alkyl halides is 2. The molecule has 2 aliphatic heterocycles. The van der Waals surface area contributed by atoms with Gasteiger partial charge >= 0.3 is 6.03 Å². The van der Waals surface area contributed by atoms with Crippen molar-refractivity contribution in [2.75, 3.05) is 24.8 Å². The van der Waals surface area contributed by atoms with Gasteiger partial charge in [-0.05, 0) is 24.3 Å². The molecule has 2 aliphatic rings. The number of guanidine groups is 1. The average Bonchev–Trinajstić information content (AvgIpc) is 3.10. The highest BCUT2D eigenvalue weighted by Crippen LogP contribution is 2.21. The number of hydrogen-bond donors (Lipinski definition) is 2. The highest BCUT2D eigenvalue weighted by atomic mass is 35.5. The Morgan fingerprint density at radius 2 is 1.69 bits per heavy atom. The molecule has 1 saturated heterocycles. The van der Waals surface area contributed by atoms with Gasteiger partial charge in [0.05, 0.1) is 10.6 Å². The number of fused-ring (bicyclic) bond motifs is 1. The van der Waals surface area contributed by atoms with Crippen LogP contribution in [0.1, 0.15) is 0 Å². The number of benzene rings is 1. The minimum absolute atomic E-state index is 0.0653. The molecule has 1 aromatic rings.